The molecule has 1 atom stereocenters. The summed E-state index contributed by atoms with van der Waals surface area (Å²) in [5.74, 6) is -0.239. The van der Waals surface area contributed by atoms with Gasteiger partial charge in [0, 0.05) is 19.3 Å². The summed E-state index contributed by atoms with van der Waals surface area (Å²) >= 11 is 0. The molecule has 3 N–H and O–H groups in total. The normalized spacial score (nSPS) is 16.4. The molecule has 1 fully saturated rings. The van der Waals surface area contributed by atoms with E-state index in [1.165, 1.54) is 5.56 Å². The van der Waals surface area contributed by atoms with Crippen molar-refractivity contribution in [3.05, 3.63) is 68.5 Å². The number of aliphatic hydroxyl groups is 1. The van der Waals surface area contributed by atoms with Crippen LogP contribution in [0.5, 0.6) is 0 Å². The Morgan fingerprint density at radius 3 is 2.54 bits per heavy atom. The van der Waals surface area contributed by atoms with Gasteiger partial charge in [-0.05, 0) is 37.2 Å². The van der Waals surface area contributed by atoms with Crippen LogP contribution in [0.15, 0.2) is 46.1 Å². The van der Waals surface area contributed by atoms with E-state index in [1.54, 1.807) is 4.90 Å². The molecule has 1 saturated heterocycles. The summed E-state index contributed by atoms with van der Waals surface area (Å²) in [6.07, 6.45) is 3.68. The standard InChI is InChI=1S/C19H23N3O4/c23-16(7-6-13-4-2-1-3-5-13)14-8-10-22(11-9-14)18(25)15-12-20-19(26)21-17(15)24/h1-5,12,14,16,23H,6-11H2,(H2,20,21,24,26)/t16-/m0/s1. The highest BCUT2D eigenvalue weighted by Crippen LogP contribution is 2.24. The molecule has 0 unspecified atom stereocenters. The van der Waals surface area contributed by atoms with Gasteiger partial charge in [-0.15, -0.1) is 0 Å². The van der Waals surface area contributed by atoms with Crippen LogP contribution < -0.4 is 11.2 Å². The molecule has 0 spiro atoms. The van der Waals surface area contributed by atoms with Gasteiger partial charge in [0.25, 0.3) is 11.5 Å². The van der Waals surface area contributed by atoms with E-state index >= 15 is 0 Å². The zero-order chi connectivity index (χ0) is 18.5. The van der Waals surface area contributed by atoms with Crippen LogP contribution in [0, 0.1) is 5.92 Å². The third kappa shape index (κ3) is 4.29. The number of nitrogens with zero attached hydrogens (tertiary/aromatic N) is 1. The maximum Gasteiger partial charge on any atom is 0.325 e. The van der Waals surface area contributed by atoms with Crippen molar-refractivity contribution in [2.75, 3.05) is 13.1 Å². The first kappa shape index (κ1) is 18.1. The van der Waals surface area contributed by atoms with Gasteiger partial charge >= 0.3 is 5.69 Å². The van der Waals surface area contributed by atoms with Crippen LogP contribution in [-0.2, 0) is 6.42 Å². The fourth-order valence-corrected chi connectivity index (χ4v) is 3.42. The van der Waals surface area contributed by atoms with Crippen LogP contribution in [0.2, 0.25) is 0 Å². The molecule has 0 aliphatic carbocycles. The third-order valence-corrected chi connectivity index (χ3v) is 4.99. The fourth-order valence-electron chi connectivity index (χ4n) is 3.42. The number of hydrogen-bond acceptors (Lipinski definition) is 4. The molecule has 0 bridgehead atoms. The van der Waals surface area contributed by atoms with E-state index in [2.05, 4.69) is 22.1 Å². The number of aliphatic hydroxyl groups excluding tert-OH is 1. The van der Waals surface area contributed by atoms with Gasteiger partial charge in [-0.3, -0.25) is 14.6 Å². The zero-order valence-corrected chi connectivity index (χ0v) is 14.5. The highest BCUT2D eigenvalue weighted by Gasteiger charge is 2.28. The maximum atomic E-state index is 12.4. The number of nitrogens with one attached hydrogen (secondary N) is 2. The average Bonchev–Trinajstić information content (AvgIpc) is 2.66. The van der Waals surface area contributed by atoms with Gasteiger partial charge in [-0.2, -0.15) is 0 Å². The molecule has 7 heteroatoms. The van der Waals surface area contributed by atoms with Gasteiger partial charge in [0.1, 0.15) is 5.56 Å². The zero-order valence-electron chi connectivity index (χ0n) is 14.5. The Hall–Kier alpha value is -2.67. The van der Waals surface area contributed by atoms with Crippen molar-refractivity contribution in [3.63, 3.8) is 0 Å². The minimum absolute atomic E-state index is 0.0623. The lowest BCUT2D eigenvalue weighted by atomic mass is 9.88. The molecule has 1 aromatic heterocycles. The molecule has 1 aromatic carbocycles. The number of carbonyl (C=O) groups excluding carboxylic acids is 1. The predicted molar refractivity (Wildman–Crippen MR) is 97.1 cm³/mol. The maximum absolute atomic E-state index is 12.4. The molecule has 3 rings (SSSR count). The van der Waals surface area contributed by atoms with Crippen molar-refractivity contribution < 1.29 is 9.90 Å². The van der Waals surface area contributed by atoms with E-state index in [1.807, 2.05) is 18.2 Å². The number of aromatic amines is 2. The molecule has 2 heterocycles. The average molecular weight is 357 g/mol. The van der Waals surface area contributed by atoms with Crippen LogP contribution in [0.4, 0.5) is 0 Å². The van der Waals surface area contributed by atoms with Crippen molar-refractivity contribution in [1.82, 2.24) is 14.9 Å². The van der Waals surface area contributed by atoms with Crippen LogP contribution >= 0.6 is 0 Å². The fraction of sp³-hybridized carbons (Fsp3) is 0.421. The molecule has 26 heavy (non-hydrogen) atoms. The lowest BCUT2D eigenvalue weighted by Crippen LogP contribution is -2.43. The van der Waals surface area contributed by atoms with Gasteiger partial charge < -0.3 is 15.0 Å². The molecule has 0 radical (unpaired) electrons. The summed E-state index contributed by atoms with van der Waals surface area (Å²) in [4.78, 5) is 41.2. The second-order valence-electron chi connectivity index (χ2n) is 6.71. The Kier molecular flexibility index (Phi) is 5.68. The quantitative estimate of drug-likeness (QED) is 0.739. The molecule has 1 aliphatic rings. The number of carbonyl (C=O) groups is 1. The van der Waals surface area contributed by atoms with Crippen LogP contribution in [-0.4, -0.2) is 45.1 Å². The highest BCUT2D eigenvalue weighted by molar-refractivity contribution is 5.93. The Morgan fingerprint density at radius 2 is 1.88 bits per heavy atom. The van der Waals surface area contributed by atoms with E-state index in [0.29, 0.717) is 32.4 Å². The smallest absolute Gasteiger partial charge is 0.325 e. The van der Waals surface area contributed by atoms with Gasteiger partial charge in [-0.25, -0.2) is 4.79 Å². The topological polar surface area (TPSA) is 106 Å². The lowest BCUT2D eigenvalue weighted by Gasteiger charge is -2.34. The SMILES string of the molecule is O=C(c1c[nH]c(=O)[nH]c1=O)N1CCC([C@@H](O)CCc2ccccc2)CC1. The van der Waals surface area contributed by atoms with Crippen LogP contribution in [0.1, 0.15) is 35.2 Å². The number of aryl methyl sites for hydroxylation is 1. The van der Waals surface area contributed by atoms with Gasteiger partial charge in [0.2, 0.25) is 0 Å². The van der Waals surface area contributed by atoms with Crippen LogP contribution in [0.25, 0.3) is 0 Å². The number of hydrogen-bond donors (Lipinski definition) is 3. The number of amides is 1. The van der Waals surface area contributed by atoms with E-state index in [-0.39, 0.29) is 17.4 Å². The first-order valence-electron chi connectivity index (χ1n) is 8.88. The molecule has 0 saturated carbocycles. The van der Waals surface area contributed by atoms with E-state index < -0.39 is 17.4 Å². The van der Waals surface area contributed by atoms with Crippen LogP contribution in [0.3, 0.4) is 0 Å². The monoisotopic (exact) mass is 357 g/mol. The van der Waals surface area contributed by atoms with Crippen molar-refractivity contribution in [2.24, 2.45) is 5.92 Å². The molecular weight excluding hydrogens is 334 g/mol. The molecule has 1 amide bonds. The highest BCUT2D eigenvalue weighted by atomic mass is 16.3. The van der Waals surface area contributed by atoms with Gasteiger partial charge in [-0.1, -0.05) is 30.3 Å². The first-order valence-corrected chi connectivity index (χ1v) is 8.88. The van der Waals surface area contributed by atoms with E-state index in [0.717, 1.165) is 12.6 Å². The van der Waals surface area contributed by atoms with Gasteiger partial charge in [0.15, 0.2) is 0 Å². The Balaban J connectivity index is 1.52. The summed E-state index contributed by atoms with van der Waals surface area (Å²) < 4.78 is 0. The minimum Gasteiger partial charge on any atom is -0.393 e. The molecule has 1 aliphatic heterocycles. The lowest BCUT2D eigenvalue weighted by molar-refractivity contribution is 0.0435. The molecule has 138 valence electrons. The summed E-state index contributed by atoms with van der Waals surface area (Å²) in [5.41, 5.74) is -0.167. The summed E-state index contributed by atoms with van der Waals surface area (Å²) in [7, 11) is 0. The Morgan fingerprint density at radius 1 is 1.19 bits per heavy atom. The van der Waals surface area contributed by atoms with Crippen molar-refractivity contribution in [1.29, 1.82) is 0 Å². The van der Waals surface area contributed by atoms with Crippen molar-refractivity contribution in [3.8, 4) is 0 Å². The minimum atomic E-state index is -0.677. The Labute approximate surface area is 150 Å². The van der Waals surface area contributed by atoms with E-state index in [4.69, 9.17) is 0 Å². The van der Waals surface area contributed by atoms with E-state index in [9.17, 15) is 19.5 Å². The number of H-pyrrole nitrogens is 2. The van der Waals surface area contributed by atoms with Gasteiger partial charge in [0.05, 0.1) is 6.10 Å². The second-order valence-corrected chi connectivity index (χ2v) is 6.71. The summed E-state index contributed by atoms with van der Waals surface area (Å²) in [5, 5.41) is 10.5. The second kappa shape index (κ2) is 8.14. The summed E-state index contributed by atoms with van der Waals surface area (Å²) in [6.45, 7) is 0.981. The summed E-state index contributed by atoms with van der Waals surface area (Å²) in [6, 6.07) is 10.1. The van der Waals surface area contributed by atoms with Crippen molar-refractivity contribution in [2.45, 2.75) is 31.8 Å². The molecular formula is C19H23N3O4. The Bertz CT molecular complexity index is 851. The molecule has 7 nitrogen and oxygen atoms in total. The number of aromatic nitrogens is 2. The number of benzene rings is 1. The number of piperidine rings is 1. The molecule has 2 aromatic rings. The van der Waals surface area contributed by atoms with Crippen molar-refractivity contribution >= 4 is 5.91 Å². The predicted octanol–water partition coefficient (Wildman–Crippen LogP) is 0.909. The largest absolute Gasteiger partial charge is 0.393 e. The number of likely N-dealkylation sites (tertiary alicyclic amines) is 1. The third-order valence-electron chi connectivity index (χ3n) is 4.99. The first-order chi connectivity index (χ1) is 12.5. The number of rotatable bonds is 5.